The van der Waals surface area contributed by atoms with E-state index in [4.69, 9.17) is 0 Å². The summed E-state index contributed by atoms with van der Waals surface area (Å²) in [7, 11) is 2.25. The van der Waals surface area contributed by atoms with Gasteiger partial charge in [-0.25, -0.2) is 0 Å². The number of carbonyl (C=O) groups is 1. The maximum Gasteiger partial charge on any atom is 0.234 e. The number of rotatable bonds is 6. The maximum atomic E-state index is 13.5. The molecule has 0 unspecified atom stereocenters. The molecular weight excluding hydrogens is 456 g/mol. The molecule has 2 aromatic carbocycles. The van der Waals surface area contributed by atoms with Crippen LogP contribution in [0.3, 0.4) is 0 Å². The molecule has 1 amide bonds. The lowest BCUT2D eigenvalue weighted by atomic mass is 9.51. The third-order valence-corrected chi connectivity index (χ3v) is 9.99. The largest absolute Gasteiger partial charge is 0.352 e. The highest BCUT2D eigenvalue weighted by atomic mass is 16.2. The molecule has 5 nitrogen and oxygen atoms in total. The fraction of sp³-hybridized carbons (Fsp3) is 0.594. The van der Waals surface area contributed by atoms with Crippen LogP contribution in [-0.4, -0.2) is 85.0 Å². The second kappa shape index (κ2) is 10.9. The Morgan fingerprint density at radius 1 is 0.784 bits per heavy atom. The highest BCUT2D eigenvalue weighted by Gasteiger charge is 2.58. The van der Waals surface area contributed by atoms with E-state index in [0.29, 0.717) is 24.3 Å². The third kappa shape index (κ3) is 5.23. The molecule has 0 aromatic heterocycles. The summed E-state index contributed by atoms with van der Waals surface area (Å²) in [5, 5.41) is 3.65. The minimum atomic E-state index is 0.125. The Kier molecular flexibility index (Phi) is 7.38. The van der Waals surface area contributed by atoms with Crippen molar-refractivity contribution in [2.24, 2.45) is 5.92 Å². The van der Waals surface area contributed by atoms with Gasteiger partial charge in [-0.3, -0.25) is 14.6 Å². The minimum Gasteiger partial charge on any atom is -0.352 e. The van der Waals surface area contributed by atoms with Crippen molar-refractivity contribution in [3.8, 4) is 0 Å². The van der Waals surface area contributed by atoms with E-state index in [1.165, 1.54) is 43.2 Å². The van der Waals surface area contributed by atoms with Crippen LogP contribution in [0, 0.1) is 5.92 Å². The van der Waals surface area contributed by atoms with E-state index in [0.717, 1.165) is 45.7 Å². The number of fused-ring (bicyclic) bond motifs is 3. The van der Waals surface area contributed by atoms with Gasteiger partial charge in [0.1, 0.15) is 0 Å². The molecule has 3 atom stereocenters. The van der Waals surface area contributed by atoms with Gasteiger partial charge in [-0.1, -0.05) is 67.1 Å². The molecule has 5 aliphatic rings. The van der Waals surface area contributed by atoms with Crippen LogP contribution in [0.1, 0.15) is 61.5 Å². The molecule has 1 N–H and O–H groups in total. The average molecular weight is 501 g/mol. The lowest BCUT2D eigenvalue weighted by Gasteiger charge is -2.63. The van der Waals surface area contributed by atoms with E-state index in [9.17, 15) is 4.79 Å². The third-order valence-electron chi connectivity index (χ3n) is 9.99. The first-order valence-corrected chi connectivity index (χ1v) is 14.7. The van der Waals surface area contributed by atoms with Crippen molar-refractivity contribution in [2.45, 2.75) is 61.9 Å². The van der Waals surface area contributed by atoms with Gasteiger partial charge in [0.2, 0.25) is 5.91 Å². The summed E-state index contributed by atoms with van der Waals surface area (Å²) in [5.74, 6) is 1.55. The Bertz CT molecular complexity index is 980. The molecule has 2 aromatic rings. The van der Waals surface area contributed by atoms with E-state index in [1.807, 2.05) is 0 Å². The molecule has 5 fully saturated rings. The van der Waals surface area contributed by atoms with E-state index in [2.05, 4.69) is 87.7 Å². The Labute approximate surface area is 223 Å². The molecule has 2 bridgehead atoms. The number of nitrogens with one attached hydrogen (secondary N) is 1. The fourth-order valence-electron chi connectivity index (χ4n) is 8.20. The van der Waals surface area contributed by atoms with Crippen molar-refractivity contribution < 1.29 is 4.79 Å². The van der Waals surface area contributed by atoms with Crippen LogP contribution in [0.2, 0.25) is 0 Å². The lowest BCUT2D eigenvalue weighted by molar-refractivity contribution is -0.127. The number of hydrogen-bond acceptors (Lipinski definition) is 4. The minimum absolute atomic E-state index is 0.125. The van der Waals surface area contributed by atoms with Crippen molar-refractivity contribution in [3.63, 3.8) is 0 Å². The predicted octanol–water partition coefficient (Wildman–Crippen LogP) is 4.32. The average Bonchev–Trinajstić information content (AvgIpc) is 2.94. The topological polar surface area (TPSA) is 38.8 Å². The zero-order valence-corrected chi connectivity index (χ0v) is 22.5. The quantitative estimate of drug-likeness (QED) is 0.641. The van der Waals surface area contributed by atoms with E-state index in [-0.39, 0.29) is 17.5 Å². The van der Waals surface area contributed by atoms with Gasteiger partial charge in [-0.15, -0.1) is 0 Å². The Morgan fingerprint density at radius 3 is 1.92 bits per heavy atom. The summed E-state index contributed by atoms with van der Waals surface area (Å²) in [6.45, 7) is 7.18. The first kappa shape index (κ1) is 25.1. The van der Waals surface area contributed by atoms with Crippen molar-refractivity contribution in [1.82, 2.24) is 20.0 Å². The molecule has 2 heterocycles. The molecule has 198 valence electrons. The Morgan fingerprint density at radius 2 is 1.35 bits per heavy atom. The van der Waals surface area contributed by atoms with Crippen LogP contribution in [0.15, 0.2) is 60.7 Å². The number of likely N-dealkylation sites (tertiary alicyclic amines) is 1. The molecule has 3 aliphatic carbocycles. The normalized spacial score (nSPS) is 33.3. The first-order chi connectivity index (χ1) is 18.1. The van der Waals surface area contributed by atoms with Gasteiger partial charge in [-0.2, -0.15) is 0 Å². The Hall–Kier alpha value is -2.21. The number of hydrogen-bond donors (Lipinski definition) is 1. The van der Waals surface area contributed by atoms with Gasteiger partial charge in [0.05, 0.1) is 6.54 Å². The fourth-order valence-corrected chi connectivity index (χ4v) is 8.20. The molecule has 5 heteroatoms. The summed E-state index contributed by atoms with van der Waals surface area (Å²) in [5.41, 5.74) is 3.02. The molecule has 3 saturated carbocycles. The standard InChI is InChI=1S/C32H44N4O/c1-34-17-19-36(20-18-34)32-21-27(25-11-5-2-6-12-25)31(28(22-32)26-13-7-3-8-14-26)29(23-32)33-30(37)24-35-15-9-4-10-16-35/h2-3,5-8,11-14,27-29,31H,4,9-10,15-24H2,1H3,(H,33,37)/t27-,28-,29-,31?,32?/m0/s1. The summed E-state index contributed by atoms with van der Waals surface area (Å²) >= 11 is 0. The SMILES string of the molecule is CN1CCN(C23C[C@H](NC(=O)CN4CCCCC4)C([C@H](c4ccccc4)C2)[C@H](c2ccccc2)C3)CC1. The van der Waals surface area contributed by atoms with Crippen molar-refractivity contribution in [3.05, 3.63) is 71.8 Å². The highest BCUT2D eigenvalue weighted by Crippen LogP contribution is 2.59. The summed E-state index contributed by atoms with van der Waals surface area (Å²) in [6.07, 6.45) is 7.23. The van der Waals surface area contributed by atoms with Crippen LogP contribution >= 0.6 is 0 Å². The van der Waals surface area contributed by atoms with Crippen LogP contribution in [-0.2, 0) is 4.79 Å². The van der Waals surface area contributed by atoms with E-state index >= 15 is 0 Å². The molecule has 7 rings (SSSR count). The van der Waals surface area contributed by atoms with Crippen LogP contribution < -0.4 is 5.32 Å². The molecule has 2 aliphatic heterocycles. The molecule has 2 saturated heterocycles. The lowest BCUT2D eigenvalue weighted by Crippen LogP contribution is -2.68. The summed E-state index contributed by atoms with van der Waals surface area (Å²) in [4.78, 5) is 21.1. The number of piperazine rings is 1. The first-order valence-electron chi connectivity index (χ1n) is 14.7. The Balaban J connectivity index is 1.35. The summed E-state index contributed by atoms with van der Waals surface area (Å²) in [6, 6.07) is 22.6. The monoisotopic (exact) mass is 500 g/mol. The summed E-state index contributed by atoms with van der Waals surface area (Å²) < 4.78 is 0. The molecule has 37 heavy (non-hydrogen) atoms. The number of amides is 1. The van der Waals surface area contributed by atoms with Crippen molar-refractivity contribution in [1.29, 1.82) is 0 Å². The number of piperidine rings is 1. The zero-order chi connectivity index (χ0) is 25.2. The van der Waals surface area contributed by atoms with Gasteiger partial charge in [0, 0.05) is 37.8 Å². The van der Waals surface area contributed by atoms with E-state index < -0.39 is 0 Å². The van der Waals surface area contributed by atoms with Crippen molar-refractivity contribution >= 4 is 5.91 Å². The van der Waals surface area contributed by atoms with Gasteiger partial charge in [0.15, 0.2) is 0 Å². The van der Waals surface area contributed by atoms with Crippen LogP contribution in [0.25, 0.3) is 0 Å². The maximum absolute atomic E-state index is 13.5. The molecular formula is C32H44N4O. The zero-order valence-electron chi connectivity index (χ0n) is 22.5. The number of benzene rings is 2. The van der Waals surface area contributed by atoms with Gasteiger partial charge >= 0.3 is 0 Å². The van der Waals surface area contributed by atoms with Crippen LogP contribution in [0.4, 0.5) is 0 Å². The highest BCUT2D eigenvalue weighted by molar-refractivity contribution is 5.78. The van der Waals surface area contributed by atoms with Crippen LogP contribution in [0.5, 0.6) is 0 Å². The van der Waals surface area contributed by atoms with Gasteiger partial charge in [-0.05, 0) is 81.1 Å². The number of carbonyl (C=O) groups excluding carboxylic acids is 1. The van der Waals surface area contributed by atoms with Gasteiger partial charge in [0.25, 0.3) is 0 Å². The van der Waals surface area contributed by atoms with Crippen molar-refractivity contribution in [2.75, 3.05) is 52.9 Å². The molecule has 0 radical (unpaired) electrons. The van der Waals surface area contributed by atoms with Gasteiger partial charge < -0.3 is 10.2 Å². The smallest absolute Gasteiger partial charge is 0.234 e. The van der Waals surface area contributed by atoms with E-state index in [1.54, 1.807) is 0 Å². The second-order valence-corrected chi connectivity index (χ2v) is 12.2. The number of nitrogens with zero attached hydrogens (tertiary/aromatic N) is 3. The predicted molar refractivity (Wildman–Crippen MR) is 150 cm³/mol. The number of likely N-dealkylation sites (N-methyl/N-ethyl adjacent to an activating group) is 1. The second-order valence-electron chi connectivity index (χ2n) is 12.2. The molecule has 0 spiro atoms.